The molecule has 2 spiro atoms. The van der Waals surface area contributed by atoms with Gasteiger partial charge in [-0.2, -0.15) is 0 Å². The van der Waals surface area contributed by atoms with Crippen LogP contribution in [0.5, 0.6) is 5.75 Å². The molecular formula is C24H33N3O3. The SMILES string of the molecule is COC1CCC2(CC1)Cc1ccc(OCC3CC3)cc1[C@]21N=C(N)N(C(C)C)C1=O. The average Bonchev–Trinajstić information content (AvgIpc) is 3.46. The third kappa shape index (κ3) is 2.79. The molecule has 6 heteroatoms. The molecule has 0 unspecified atom stereocenters. The number of ether oxygens (including phenoxy) is 2. The van der Waals surface area contributed by atoms with Gasteiger partial charge in [-0.3, -0.25) is 9.69 Å². The molecule has 162 valence electrons. The summed E-state index contributed by atoms with van der Waals surface area (Å²) in [5.41, 5.74) is 7.40. The maximum absolute atomic E-state index is 14.0. The fourth-order valence-corrected chi connectivity index (χ4v) is 5.90. The summed E-state index contributed by atoms with van der Waals surface area (Å²) in [5, 5.41) is 0. The van der Waals surface area contributed by atoms with E-state index < -0.39 is 5.54 Å². The molecule has 1 aromatic carbocycles. The van der Waals surface area contributed by atoms with Crippen LogP contribution >= 0.6 is 0 Å². The lowest BCUT2D eigenvalue weighted by atomic mass is 9.61. The van der Waals surface area contributed by atoms with Gasteiger partial charge in [0, 0.05) is 18.6 Å². The lowest BCUT2D eigenvalue weighted by Gasteiger charge is -2.45. The first-order chi connectivity index (χ1) is 14.4. The van der Waals surface area contributed by atoms with E-state index in [1.54, 1.807) is 12.0 Å². The van der Waals surface area contributed by atoms with Gasteiger partial charge in [0.25, 0.3) is 5.91 Å². The van der Waals surface area contributed by atoms with Crippen molar-refractivity contribution in [3.63, 3.8) is 0 Å². The zero-order valence-electron chi connectivity index (χ0n) is 18.3. The maximum Gasteiger partial charge on any atom is 0.262 e. The lowest BCUT2D eigenvalue weighted by Crippen LogP contribution is -2.53. The van der Waals surface area contributed by atoms with Crippen LogP contribution in [0.1, 0.15) is 63.5 Å². The van der Waals surface area contributed by atoms with Gasteiger partial charge in [0.1, 0.15) is 5.75 Å². The van der Waals surface area contributed by atoms with Crippen LogP contribution in [0, 0.1) is 11.3 Å². The Morgan fingerprint density at radius 1 is 1.23 bits per heavy atom. The van der Waals surface area contributed by atoms with E-state index in [4.69, 9.17) is 20.2 Å². The van der Waals surface area contributed by atoms with E-state index in [0.717, 1.165) is 50.0 Å². The Balaban J connectivity index is 1.59. The molecule has 1 aromatic rings. The fourth-order valence-electron chi connectivity index (χ4n) is 5.90. The first-order valence-electron chi connectivity index (χ1n) is 11.4. The van der Waals surface area contributed by atoms with Crippen LogP contribution in [-0.4, -0.2) is 42.6 Å². The largest absolute Gasteiger partial charge is 0.493 e. The van der Waals surface area contributed by atoms with Crippen LogP contribution in [0.25, 0.3) is 0 Å². The number of methoxy groups -OCH3 is 1. The quantitative estimate of drug-likeness (QED) is 0.806. The van der Waals surface area contributed by atoms with Gasteiger partial charge in [-0.25, -0.2) is 4.99 Å². The van der Waals surface area contributed by atoms with Crippen LogP contribution in [0.3, 0.4) is 0 Å². The zero-order chi connectivity index (χ0) is 21.1. The summed E-state index contributed by atoms with van der Waals surface area (Å²) in [6.45, 7) is 4.75. The predicted molar refractivity (Wildman–Crippen MR) is 115 cm³/mol. The molecule has 2 saturated carbocycles. The van der Waals surface area contributed by atoms with Gasteiger partial charge in [0.15, 0.2) is 11.5 Å². The monoisotopic (exact) mass is 411 g/mol. The van der Waals surface area contributed by atoms with E-state index in [1.807, 2.05) is 13.8 Å². The van der Waals surface area contributed by atoms with Crippen LogP contribution in [0.2, 0.25) is 0 Å². The number of amides is 1. The van der Waals surface area contributed by atoms with Gasteiger partial charge in [0.2, 0.25) is 0 Å². The van der Waals surface area contributed by atoms with Crippen molar-refractivity contribution in [2.75, 3.05) is 13.7 Å². The summed E-state index contributed by atoms with van der Waals surface area (Å²) in [6, 6.07) is 6.26. The molecule has 1 aliphatic heterocycles. The van der Waals surface area contributed by atoms with E-state index in [-0.39, 0.29) is 23.5 Å². The molecule has 3 aliphatic carbocycles. The number of nitrogens with two attached hydrogens (primary N) is 1. The molecule has 2 N–H and O–H groups in total. The average molecular weight is 412 g/mol. The number of benzene rings is 1. The van der Waals surface area contributed by atoms with Crippen molar-refractivity contribution in [2.45, 2.75) is 76.5 Å². The van der Waals surface area contributed by atoms with E-state index in [9.17, 15) is 4.79 Å². The van der Waals surface area contributed by atoms with E-state index in [0.29, 0.717) is 11.9 Å². The van der Waals surface area contributed by atoms with E-state index >= 15 is 0 Å². The highest BCUT2D eigenvalue weighted by Gasteiger charge is 2.67. The molecule has 1 atom stereocenters. The van der Waals surface area contributed by atoms with Crippen molar-refractivity contribution in [3.8, 4) is 5.75 Å². The first-order valence-corrected chi connectivity index (χ1v) is 11.4. The van der Waals surface area contributed by atoms with Gasteiger partial charge in [-0.15, -0.1) is 0 Å². The molecule has 0 saturated heterocycles. The van der Waals surface area contributed by atoms with Crippen molar-refractivity contribution in [2.24, 2.45) is 22.1 Å². The summed E-state index contributed by atoms with van der Waals surface area (Å²) < 4.78 is 11.7. The lowest BCUT2D eigenvalue weighted by molar-refractivity contribution is -0.139. The predicted octanol–water partition coefficient (Wildman–Crippen LogP) is 3.37. The molecule has 1 heterocycles. The van der Waals surface area contributed by atoms with Gasteiger partial charge < -0.3 is 15.2 Å². The number of hydrogen-bond donors (Lipinski definition) is 1. The Labute approximate surface area is 178 Å². The van der Waals surface area contributed by atoms with Crippen LogP contribution in [0.15, 0.2) is 23.2 Å². The Bertz CT molecular complexity index is 884. The van der Waals surface area contributed by atoms with Crippen molar-refractivity contribution in [1.82, 2.24) is 4.90 Å². The number of carbonyl (C=O) groups is 1. The summed E-state index contributed by atoms with van der Waals surface area (Å²) in [6.07, 6.45) is 7.33. The molecule has 30 heavy (non-hydrogen) atoms. The topological polar surface area (TPSA) is 77.2 Å². The highest BCUT2D eigenvalue weighted by atomic mass is 16.5. The zero-order valence-corrected chi connectivity index (χ0v) is 18.3. The smallest absolute Gasteiger partial charge is 0.262 e. The van der Waals surface area contributed by atoms with Gasteiger partial charge in [-0.1, -0.05) is 6.07 Å². The number of carbonyl (C=O) groups excluding carboxylic acids is 1. The van der Waals surface area contributed by atoms with Crippen molar-refractivity contribution < 1.29 is 14.3 Å². The molecule has 5 rings (SSSR count). The van der Waals surface area contributed by atoms with E-state index in [1.165, 1.54) is 18.4 Å². The second-order valence-corrected chi connectivity index (χ2v) is 9.91. The summed E-state index contributed by atoms with van der Waals surface area (Å²) >= 11 is 0. The summed E-state index contributed by atoms with van der Waals surface area (Å²) in [4.78, 5) is 20.7. The first kappa shape index (κ1) is 19.9. The van der Waals surface area contributed by atoms with Crippen LogP contribution in [-0.2, 0) is 21.5 Å². The molecule has 6 nitrogen and oxygen atoms in total. The minimum atomic E-state index is -0.936. The maximum atomic E-state index is 14.0. The minimum absolute atomic E-state index is 0.0219. The number of aliphatic imine (C=N–C) groups is 1. The van der Waals surface area contributed by atoms with Crippen molar-refractivity contribution in [3.05, 3.63) is 29.3 Å². The number of guanidine groups is 1. The number of hydrogen-bond acceptors (Lipinski definition) is 5. The Morgan fingerprint density at radius 2 is 1.97 bits per heavy atom. The molecule has 1 amide bonds. The molecule has 2 fully saturated rings. The Hall–Kier alpha value is -2.08. The van der Waals surface area contributed by atoms with Gasteiger partial charge >= 0.3 is 0 Å². The Morgan fingerprint density at radius 3 is 2.57 bits per heavy atom. The molecule has 0 radical (unpaired) electrons. The number of fused-ring (bicyclic) bond motifs is 3. The van der Waals surface area contributed by atoms with Crippen LogP contribution in [0.4, 0.5) is 0 Å². The summed E-state index contributed by atoms with van der Waals surface area (Å²) in [5.74, 6) is 1.90. The van der Waals surface area contributed by atoms with Crippen LogP contribution < -0.4 is 10.5 Å². The number of nitrogens with zero attached hydrogens (tertiary/aromatic N) is 2. The Kier molecular flexibility index (Phi) is 4.62. The molecular weight excluding hydrogens is 378 g/mol. The molecule has 4 aliphatic rings. The molecule has 0 aromatic heterocycles. The van der Waals surface area contributed by atoms with Gasteiger partial charge in [0.05, 0.1) is 12.7 Å². The number of rotatable bonds is 5. The van der Waals surface area contributed by atoms with Gasteiger partial charge in [-0.05, 0) is 88.0 Å². The van der Waals surface area contributed by atoms with Crippen molar-refractivity contribution >= 4 is 11.9 Å². The normalized spacial score (nSPS) is 32.9. The molecule has 0 bridgehead atoms. The second-order valence-electron chi connectivity index (χ2n) is 9.91. The minimum Gasteiger partial charge on any atom is -0.493 e. The standard InChI is InChI=1S/C24H33N3O3/c1-15(2)27-21(28)24(26-22(27)25)20-12-19(30-14-16-4-5-16)7-6-17(20)13-23(24)10-8-18(29-3)9-11-23/h6-7,12,15-16,18H,4-5,8-11,13-14H2,1-3H3,(H2,25,26)/t18?,23?,24-/m1/s1. The van der Waals surface area contributed by atoms with Crippen molar-refractivity contribution in [1.29, 1.82) is 0 Å². The fraction of sp³-hybridized carbons (Fsp3) is 0.667. The second kappa shape index (κ2) is 6.98. The third-order valence-electron chi connectivity index (χ3n) is 7.75. The summed E-state index contributed by atoms with van der Waals surface area (Å²) in [7, 11) is 1.78. The van der Waals surface area contributed by atoms with E-state index in [2.05, 4.69) is 18.2 Å². The third-order valence-corrected chi connectivity index (χ3v) is 7.75. The highest BCUT2D eigenvalue weighted by molar-refractivity contribution is 6.08. The highest BCUT2D eigenvalue weighted by Crippen LogP contribution is 2.62.